The number of fused-ring (bicyclic) bond motifs is 9. The van der Waals surface area contributed by atoms with E-state index in [1.54, 1.807) is 13.0 Å². The summed E-state index contributed by atoms with van der Waals surface area (Å²) in [7, 11) is 0. The van der Waals surface area contributed by atoms with E-state index in [1.807, 2.05) is 0 Å². The van der Waals surface area contributed by atoms with Gasteiger partial charge < -0.3 is 61.4 Å². The van der Waals surface area contributed by atoms with Crippen molar-refractivity contribution in [2.75, 3.05) is 39.5 Å². The molecule has 9 aliphatic rings. The third-order valence-corrected chi connectivity index (χ3v) is 19.1. The molecule has 0 amide bonds. The quantitative estimate of drug-likeness (QED) is 0.132. The zero-order valence-corrected chi connectivity index (χ0v) is 37.4. The summed E-state index contributed by atoms with van der Waals surface area (Å²) < 4.78 is 21.5. The number of carbonyl (C=O) groups is 2. The van der Waals surface area contributed by atoms with Crippen LogP contribution in [-0.4, -0.2) is 131 Å². The zero-order valence-electron chi connectivity index (χ0n) is 37.4. The van der Waals surface area contributed by atoms with Crippen LogP contribution in [0.15, 0.2) is 11.6 Å². The van der Waals surface area contributed by atoms with Crippen LogP contribution in [-0.2, 0) is 23.8 Å². The topological polar surface area (TPSA) is 225 Å². The van der Waals surface area contributed by atoms with Gasteiger partial charge in [-0.1, -0.05) is 13.0 Å². The highest BCUT2D eigenvalue weighted by atomic mass is 16.6. The standard InChI is InChI=1S/C48H78N4O10/c1-4-23(20-53)47(59)61-37-18-33-43(58)41-36(57)17-28(21-54)60-45(41)42-39-31-12-13-51-46(49)40(31)30(11-7-24-6-9-27(56)16-32(24)34(39)22-55)29-10-8-25-15-38(50-5-2)52-19-26(25)14-35(29)48(37,3)62-44(33)42/h4,24-35,37-46,50-56,58H,5-22,49H2,1-3H3/t24?,25?,26?,27?,28?,29-,30+,31?,32?,33?,34+,35+,37+,38?,39?,40?,41?,42?,43?,44?,45?,46?,48-/m0/s1. The Morgan fingerprint density at radius 2 is 1.65 bits per heavy atom. The minimum absolute atomic E-state index is 0.0114. The van der Waals surface area contributed by atoms with E-state index in [0.29, 0.717) is 24.8 Å². The van der Waals surface area contributed by atoms with Crippen molar-refractivity contribution in [1.29, 1.82) is 0 Å². The highest BCUT2D eigenvalue weighted by Gasteiger charge is 2.68. The fourth-order valence-electron chi connectivity index (χ4n) is 16.4. The Morgan fingerprint density at radius 3 is 2.39 bits per heavy atom. The number of piperidine rings is 2. The van der Waals surface area contributed by atoms with E-state index in [0.717, 1.165) is 70.9 Å². The highest BCUT2D eigenvalue weighted by molar-refractivity contribution is 5.88. The molecule has 0 aromatic rings. The molecule has 4 bridgehead atoms. The van der Waals surface area contributed by atoms with Gasteiger partial charge in [0.25, 0.3) is 0 Å². The molecule has 4 saturated carbocycles. The summed E-state index contributed by atoms with van der Waals surface area (Å²) in [5.74, 6) is -1.79. The number of aliphatic hydroxyl groups is 5. The summed E-state index contributed by atoms with van der Waals surface area (Å²) >= 11 is 0. The molecular formula is C48H78N4O10. The van der Waals surface area contributed by atoms with Crippen LogP contribution in [0.25, 0.3) is 0 Å². The van der Waals surface area contributed by atoms with Crippen LogP contribution < -0.4 is 21.7 Å². The van der Waals surface area contributed by atoms with Crippen molar-refractivity contribution in [3.05, 3.63) is 11.6 Å². The van der Waals surface area contributed by atoms with E-state index in [1.165, 1.54) is 0 Å². The Labute approximate surface area is 368 Å². The average molecular weight is 871 g/mol. The van der Waals surface area contributed by atoms with Gasteiger partial charge in [0.2, 0.25) is 0 Å². The molecule has 5 aliphatic heterocycles. The summed E-state index contributed by atoms with van der Waals surface area (Å²) in [5.41, 5.74) is 6.59. The van der Waals surface area contributed by atoms with Crippen molar-refractivity contribution < 1.29 is 49.3 Å². The van der Waals surface area contributed by atoms with Crippen molar-refractivity contribution in [3.63, 3.8) is 0 Å². The van der Waals surface area contributed by atoms with Crippen molar-refractivity contribution in [2.45, 2.75) is 152 Å². The van der Waals surface area contributed by atoms with Crippen molar-refractivity contribution in [2.24, 2.45) is 88.6 Å². The number of nitrogens with one attached hydrogen (secondary N) is 3. The summed E-state index contributed by atoms with van der Waals surface area (Å²) in [6, 6.07) is 0. The Kier molecular flexibility index (Phi) is 13.7. The first-order chi connectivity index (χ1) is 29.9. The van der Waals surface area contributed by atoms with E-state index in [9.17, 15) is 35.1 Å². The fourth-order valence-corrected chi connectivity index (χ4v) is 16.4. The number of rotatable bonds is 7. The van der Waals surface area contributed by atoms with Gasteiger partial charge in [0.1, 0.15) is 17.5 Å². The number of esters is 1. The van der Waals surface area contributed by atoms with Crippen molar-refractivity contribution in [1.82, 2.24) is 16.0 Å². The molecule has 0 spiro atoms. The number of aliphatic hydroxyl groups excluding tert-OH is 5. The van der Waals surface area contributed by atoms with Crippen LogP contribution in [0, 0.1) is 82.9 Å². The Morgan fingerprint density at radius 1 is 0.871 bits per heavy atom. The molecule has 350 valence electrons. The van der Waals surface area contributed by atoms with Crippen LogP contribution in [0.4, 0.5) is 0 Å². The number of Topliss-reactive ketones (excluding diaryl/α,β-unsaturated/α-hetero) is 1. The molecule has 5 saturated heterocycles. The predicted molar refractivity (Wildman–Crippen MR) is 230 cm³/mol. The molecule has 23 atom stereocenters. The van der Waals surface area contributed by atoms with Gasteiger partial charge in [-0.2, -0.15) is 0 Å². The lowest BCUT2D eigenvalue weighted by atomic mass is 9.49. The Balaban J connectivity index is 1.28. The normalized spacial score (nSPS) is 51.7. The second-order valence-electron chi connectivity index (χ2n) is 21.6. The predicted octanol–water partition coefficient (Wildman–Crippen LogP) is 1.84. The first kappa shape index (κ1) is 45.6. The van der Waals surface area contributed by atoms with E-state index in [4.69, 9.17) is 19.9 Å². The monoisotopic (exact) mass is 871 g/mol. The number of nitrogens with two attached hydrogens (primary N) is 1. The molecule has 9 fully saturated rings. The van der Waals surface area contributed by atoms with E-state index >= 15 is 0 Å². The molecule has 5 heterocycles. The van der Waals surface area contributed by atoms with Gasteiger partial charge in [-0.3, -0.25) is 4.79 Å². The number of carbonyl (C=O) groups excluding carboxylic acids is 2. The number of hydrogen-bond donors (Lipinski definition) is 9. The van der Waals surface area contributed by atoms with Gasteiger partial charge >= 0.3 is 5.97 Å². The third kappa shape index (κ3) is 7.88. The molecule has 14 nitrogen and oxygen atoms in total. The van der Waals surface area contributed by atoms with Crippen LogP contribution in [0.3, 0.4) is 0 Å². The minimum Gasteiger partial charge on any atom is -0.456 e. The van der Waals surface area contributed by atoms with Crippen LogP contribution >= 0.6 is 0 Å². The highest BCUT2D eigenvalue weighted by Crippen LogP contribution is 2.63. The molecule has 0 aromatic carbocycles. The molecule has 14 heteroatoms. The van der Waals surface area contributed by atoms with E-state index < -0.39 is 72.6 Å². The molecule has 17 unspecified atom stereocenters. The summed E-state index contributed by atoms with van der Waals surface area (Å²) in [6.07, 6.45) is 6.06. The number of allylic oxidation sites excluding steroid dienone is 1. The summed E-state index contributed by atoms with van der Waals surface area (Å²) in [5, 5.41) is 68.1. The van der Waals surface area contributed by atoms with E-state index in [2.05, 4.69) is 29.8 Å². The maximum atomic E-state index is 14.5. The van der Waals surface area contributed by atoms with Crippen molar-refractivity contribution in [3.8, 4) is 0 Å². The maximum Gasteiger partial charge on any atom is 0.336 e. The van der Waals surface area contributed by atoms with Gasteiger partial charge in [0.15, 0.2) is 0 Å². The maximum absolute atomic E-state index is 14.5. The first-order valence-corrected chi connectivity index (χ1v) is 24.8. The molecule has 0 radical (unpaired) electrons. The second kappa shape index (κ2) is 18.6. The lowest BCUT2D eigenvalue weighted by Crippen LogP contribution is -2.72. The van der Waals surface area contributed by atoms with Crippen LogP contribution in [0.5, 0.6) is 0 Å². The smallest absolute Gasteiger partial charge is 0.336 e. The van der Waals surface area contributed by atoms with Crippen LogP contribution in [0.2, 0.25) is 0 Å². The van der Waals surface area contributed by atoms with Gasteiger partial charge in [-0.15, -0.1) is 0 Å². The SMILES string of the molecule is CC=C(CO)C(=O)O[C@@H]1CC2C(O)C3C(=O)CC(CO)OC3C3C2O[C@@]1(C)[C@@H]1CC2CNC(NCC)CC2CC[C@H]1[C@H]1CCC2CCC(O)CC2[C@@H](CO)C3C2CCNC(N)C21. The first-order valence-electron chi connectivity index (χ1n) is 24.8. The van der Waals surface area contributed by atoms with E-state index in [-0.39, 0.29) is 103 Å². The molecule has 0 aromatic heterocycles. The molecule has 9 rings (SSSR count). The largest absolute Gasteiger partial charge is 0.456 e. The summed E-state index contributed by atoms with van der Waals surface area (Å²) in [4.78, 5) is 28.6. The summed E-state index contributed by atoms with van der Waals surface area (Å²) in [6.45, 7) is 7.57. The molecular weight excluding hydrogens is 793 g/mol. The Hall–Kier alpha value is -1.56. The van der Waals surface area contributed by atoms with Crippen molar-refractivity contribution >= 4 is 11.8 Å². The lowest BCUT2D eigenvalue weighted by molar-refractivity contribution is -0.315. The number of ketones is 1. The van der Waals surface area contributed by atoms with Gasteiger partial charge in [-0.05, 0) is 169 Å². The lowest BCUT2D eigenvalue weighted by Gasteiger charge is -2.64. The number of ether oxygens (including phenoxy) is 3. The zero-order chi connectivity index (χ0) is 43.6. The van der Waals surface area contributed by atoms with Crippen LogP contribution in [0.1, 0.15) is 97.8 Å². The third-order valence-electron chi connectivity index (χ3n) is 19.1. The average Bonchev–Trinajstić information content (AvgIpc) is 3.42. The van der Waals surface area contributed by atoms with Gasteiger partial charge in [-0.25, -0.2) is 4.79 Å². The van der Waals surface area contributed by atoms with Gasteiger partial charge in [0.05, 0.1) is 67.6 Å². The molecule has 10 N–H and O–H groups in total. The fraction of sp³-hybridized carbons (Fsp3) is 0.917. The molecule has 4 aliphatic carbocycles. The second-order valence-corrected chi connectivity index (χ2v) is 21.6. The van der Waals surface area contributed by atoms with Gasteiger partial charge in [0, 0.05) is 24.9 Å². The Bertz CT molecular complexity index is 1640. The number of hydrogen-bond acceptors (Lipinski definition) is 14. The minimum atomic E-state index is -1.16. The molecule has 62 heavy (non-hydrogen) atoms.